The van der Waals surface area contributed by atoms with E-state index in [2.05, 4.69) is 15.3 Å². The molecule has 2 aromatic heterocycles. The number of thiophene rings is 1. The Morgan fingerprint density at radius 3 is 2.60 bits per heavy atom. The molecule has 0 aliphatic heterocycles. The molecule has 0 aliphatic rings. The summed E-state index contributed by atoms with van der Waals surface area (Å²) in [6, 6.07) is 6.33. The number of ether oxygens (including phenoxy) is 1. The van der Waals surface area contributed by atoms with E-state index in [0.717, 1.165) is 10.9 Å². The van der Waals surface area contributed by atoms with E-state index < -0.39 is 5.97 Å². The average molecular weight is 357 g/mol. The van der Waals surface area contributed by atoms with Crippen LogP contribution in [0.5, 0.6) is 0 Å². The van der Waals surface area contributed by atoms with E-state index in [4.69, 9.17) is 9.84 Å². The molecule has 3 rings (SSSR count). The summed E-state index contributed by atoms with van der Waals surface area (Å²) in [5, 5.41) is 12.9. The lowest BCUT2D eigenvalue weighted by atomic mass is 10.2. The zero-order valence-corrected chi connectivity index (χ0v) is 14.4. The molecule has 2 heterocycles. The molecule has 8 heteroatoms. The Morgan fingerprint density at radius 1 is 1.24 bits per heavy atom. The number of fused-ring (bicyclic) bond motifs is 1. The molecule has 25 heavy (non-hydrogen) atoms. The number of anilines is 2. The summed E-state index contributed by atoms with van der Waals surface area (Å²) in [5.41, 5.74) is 1.65. The van der Waals surface area contributed by atoms with Crippen molar-refractivity contribution in [3.05, 3.63) is 46.6 Å². The van der Waals surface area contributed by atoms with E-state index in [9.17, 15) is 9.59 Å². The van der Waals surface area contributed by atoms with E-state index >= 15 is 0 Å². The molecule has 0 amide bonds. The topological polar surface area (TPSA) is 101 Å². The summed E-state index contributed by atoms with van der Waals surface area (Å²) in [6.07, 6.45) is 1.42. The van der Waals surface area contributed by atoms with Crippen LogP contribution >= 0.6 is 11.3 Å². The summed E-state index contributed by atoms with van der Waals surface area (Å²) >= 11 is 1.26. The minimum Gasteiger partial charge on any atom is -0.478 e. The van der Waals surface area contributed by atoms with Crippen LogP contribution in [0.3, 0.4) is 0 Å². The maximum atomic E-state index is 12.1. The van der Waals surface area contributed by atoms with Gasteiger partial charge in [-0.3, -0.25) is 0 Å². The number of esters is 1. The number of carbonyl (C=O) groups excluding carboxylic acids is 1. The number of carbonyl (C=O) groups is 2. The molecule has 0 saturated heterocycles. The van der Waals surface area contributed by atoms with Gasteiger partial charge >= 0.3 is 11.9 Å². The molecule has 0 atom stereocenters. The van der Waals surface area contributed by atoms with Gasteiger partial charge in [-0.1, -0.05) is 0 Å². The van der Waals surface area contributed by atoms with E-state index in [1.807, 2.05) is 6.92 Å². The van der Waals surface area contributed by atoms with Crippen LogP contribution < -0.4 is 5.32 Å². The molecule has 0 fully saturated rings. The van der Waals surface area contributed by atoms with Crippen molar-refractivity contribution in [2.24, 2.45) is 0 Å². The third-order valence-corrected chi connectivity index (χ3v) is 4.76. The van der Waals surface area contributed by atoms with E-state index in [1.54, 1.807) is 19.1 Å². The lowest BCUT2D eigenvalue weighted by Gasteiger charge is -2.07. The van der Waals surface area contributed by atoms with Crippen LogP contribution in [0.15, 0.2) is 30.6 Å². The average Bonchev–Trinajstić information content (AvgIpc) is 2.94. The van der Waals surface area contributed by atoms with Gasteiger partial charge < -0.3 is 15.2 Å². The molecule has 0 aliphatic carbocycles. The number of nitrogens with zero attached hydrogens (tertiary/aromatic N) is 2. The van der Waals surface area contributed by atoms with E-state index in [0.29, 0.717) is 27.8 Å². The number of hydrogen-bond donors (Lipinski definition) is 2. The maximum Gasteiger partial charge on any atom is 0.348 e. The van der Waals surface area contributed by atoms with Crippen LogP contribution in [-0.4, -0.2) is 33.6 Å². The van der Waals surface area contributed by atoms with Gasteiger partial charge in [0.05, 0.1) is 17.6 Å². The van der Waals surface area contributed by atoms with Crippen molar-refractivity contribution >= 4 is 45.0 Å². The lowest BCUT2D eigenvalue weighted by molar-refractivity contribution is 0.0531. The first-order valence-electron chi connectivity index (χ1n) is 7.52. The van der Waals surface area contributed by atoms with Crippen LogP contribution in [-0.2, 0) is 4.74 Å². The number of hydrogen-bond acceptors (Lipinski definition) is 7. The number of nitrogens with one attached hydrogen (secondary N) is 1. The van der Waals surface area contributed by atoms with Crippen LogP contribution in [0.1, 0.15) is 32.5 Å². The summed E-state index contributed by atoms with van der Waals surface area (Å²) in [7, 11) is 0. The normalized spacial score (nSPS) is 10.6. The highest BCUT2D eigenvalue weighted by atomic mass is 32.1. The Labute approximate surface area is 147 Å². The molecule has 7 nitrogen and oxygen atoms in total. The highest BCUT2D eigenvalue weighted by Gasteiger charge is 2.20. The van der Waals surface area contributed by atoms with Crippen molar-refractivity contribution in [1.82, 2.24) is 9.97 Å². The maximum absolute atomic E-state index is 12.1. The largest absolute Gasteiger partial charge is 0.478 e. The molecule has 3 aromatic rings. The highest BCUT2D eigenvalue weighted by Crippen LogP contribution is 2.34. The van der Waals surface area contributed by atoms with Crippen LogP contribution in [0, 0.1) is 6.92 Å². The number of aromatic carboxylic acids is 1. The Bertz CT molecular complexity index is 950. The van der Waals surface area contributed by atoms with Crippen LogP contribution in [0.4, 0.5) is 11.5 Å². The summed E-state index contributed by atoms with van der Waals surface area (Å²) in [6.45, 7) is 3.89. The summed E-state index contributed by atoms with van der Waals surface area (Å²) in [5.74, 6) is -0.805. The number of carboxylic acid groups (broad SMARTS) is 1. The van der Waals surface area contributed by atoms with Gasteiger partial charge in [0.2, 0.25) is 0 Å². The van der Waals surface area contributed by atoms with Gasteiger partial charge in [0.1, 0.15) is 21.9 Å². The number of benzene rings is 1. The van der Waals surface area contributed by atoms with Crippen LogP contribution in [0.2, 0.25) is 0 Å². The number of aryl methyl sites for hydroxylation is 1. The Kier molecular flexibility index (Phi) is 4.62. The third-order valence-electron chi connectivity index (χ3n) is 3.58. The molecule has 1 aromatic carbocycles. The molecule has 128 valence electrons. The van der Waals surface area contributed by atoms with E-state index in [-0.39, 0.29) is 11.5 Å². The molecule has 0 spiro atoms. The SMILES string of the molecule is CCOC(=O)c1sc2ncnc(Nc3ccc(C(=O)O)cc3)c2c1C. The number of rotatable bonds is 5. The van der Waals surface area contributed by atoms with E-state index in [1.165, 1.54) is 29.8 Å². The number of carboxylic acids is 1. The second kappa shape index (κ2) is 6.86. The Hall–Kier alpha value is -3.00. The molecule has 0 bridgehead atoms. The first kappa shape index (κ1) is 16.8. The van der Waals surface area contributed by atoms with Gasteiger partial charge in [-0.25, -0.2) is 19.6 Å². The molecule has 0 unspecified atom stereocenters. The standard InChI is InChI=1S/C17H15N3O4S/c1-3-24-17(23)13-9(2)12-14(18-8-19-15(12)25-13)20-11-6-4-10(5-7-11)16(21)22/h4-8H,3H2,1-2H3,(H,21,22)(H,18,19,20). The van der Waals surface area contributed by atoms with Crippen molar-refractivity contribution in [2.45, 2.75) is 13.8 Å². The van der Waals surface area contributed by atoms with Crippen molar-refractivity contribution in [3.8, 4) is 0 Å². The zero-order chi connectivity index (χ0) is 18.0. The quantitative estimate of drug-likeness (QED) is 0.672. The molecular weight excluding hydrogens is 342 g/mol. The van der Waals surface area contributed by atoms with Crippen molar-refractivity contribution < 1.29 is 19.4 Å². The predicted molar refractivity (Wildman–Crippen MR) is 94.8 cm³/mol. The fraction of sp³-hybridized carbons (Fsp3) is 0.176. The fourth-order valence-electron chi connectivity index (χ4n) is 2.39. The Balaban J connectivity index is 1.99. The molecule has 0 saturated carbocycles. The minimum atomic E-state index is -0.983. The number of aromatic nitrogens is 2. The fourth-order valence-corrected chi connectivity index (χ4v) is 3.43. The zero-order valence-electron chi connectivity index (χ0n) is 13.6. The highest BCUT2D eigenvalue weighted by molar-refractivity contribution is 7.20. The Morgan fingerprint density at radius 2 is 1.96 bits per heavy atom. The second-order valence-corrected chi connectivity index (χ2v) is 6.19. The molecular formula is C17H15N3O4S. The van der Waals surface area contributed by atoms with Gasteiger partial charge in [-0.2, -0.15) is 0 Å². The summed E-state index contributed by atoms with van der Waals surface area (Å²) in [4.78, 5) is 32.7. The lowest BCUT2D eigenvalue weighted by Crippen LogP contribution is -2.03. The van der Waals surface area contributed by atoms with Gasteiger partial charge in [-0.15, -0.1) is 11.3 Å². The molecule has 2 N–H and O–H groups in total. The van der Waals surface area contributed by atoms with Gasteiger partial charge in [0.25, 0.3) is 0 Å². The molecule has 0 radical (unpaired) electrons. The van der Waals surface area contributed by atoms with Crippen molar-refractivity contribution in [2.75, 3.05) is 11.9 Å². The monoisotopic (exact) mass is 357 g/mol. The second-order valence-electron chi connectivity index (χ2n) is 5.19. The first-order valence-corrected chi connectivity index (χ1v) is 8.34. The minimum absolute atomic E-state index is 0.203. The van der Waals surface area contributed by atoms with Crippen LogP contribution in [0.25, 0.3) is 10.2 Å². The van der Waals surface area contributed by atoms with Gasteiger partial charge in [0.15, 0.2) is 0 Å². The first-order chi connectivity index (χ1) is 12.0. The van der Waals surface area contributed by atoms with Crippen molar-refractivity contribution in [1.29, 1.82) is 0 Å². The van der Waals surface area contributed by atoms with Crippen molar-refractivity contribution in [3.63, 3.8) is 0 Å². The van der Waals surface area contributed by atoms with Gasteiger partial charge in [-0.05, 0) is 43.7 Å². The smallest absolute Gasteiger partial charge is 0.348 e. The van der Waals surface area contributed by atoms with Gasteiger partial charge in [0, 0.05) is 5.69 Å². The predicted octanol–water partition coefficient (Wildman–Crippen LogP) is 3.62. The third kappa shape index (κ3) is 3.29. The summed E-state index contributed by atoms with van der Waals surface area (Å²) < 4.78 is 5.08.